The van der Waals surface area contributed by atoms with Crippen LogP contribution in [0.5, 0.6) is 0 Å². The molecule has 0 aromatic heterocycles. The number of nitrogens with zero attached hydrogens (tertiary/aromatic N) is 1. The first-order valence-electron chi connectivity index (χ1n) is 11.7. The van der Waals surface area contributed by atoms with Crippen molar-refractivity contribution in [2.45, 2.75) is 90.6 Å². The highest BCUT2D eigenvalue weighted by Crippen LogP contribution is 2.66. The summed E-state index contributed by atoms with van der Waals surface area (Å²) in [5.41, 5.74) is 0.00760. The quantitative estimate of drug-likeness (QED) is 0.707. The van der Waals surface area contributed by atoms with Gasteiger partial charge in [-0.05, 0) is 87.4 Å². The fourth-order valence-corrected chi connectivity index (χ4v) is 8.04. The number of rotatable bonds is 3. The molecule has 4 rings (SSSR count). The normalized spacial score (nSPS) is 44.5. The van der Waals surface area contributed by atoms with Gasteiger partial charge in [0, 0.05) is 25.4 Å². The van der Waals surface area contributed by atoms with Crippen molar-refractivity contribution in [3.63, 3.8) is 0 Å². The lowest BCUT2D eigenvalue weighted by atomic mass is 9.47. The van der Waals surface area contributed by atoms with Crippen LogP contribution in [0.25, 0.3) is 0 Å². The standard InChI is InChI=1S/C25H40N2O2/c1-7-23(2,3)26-22(29)19-10-9-17-16-8-11-20-25(5,15-13-21(28)27(20)6)18(16)12-14-24(17,19)4/h7,16-20H,1,8-15H2,2-6H3,(H,26,29)/t16-,17-,18-,19+,20+,24-,25+/m0/s1. The molecule has 0 unspecified atom stereocenters. The summed E-state index contributed by atoms with van der Waals surface area (Å²) in [4.78, 5) is 27.6. The highest BCUT2D eigenvalue weighted by Gasteiger charge is 2.62. The van der Waals surface area contributed by atoms with E-state index in [1.807, 2.05) is 27.0 Å². The van der Waals surface area contributed by atoms with Crippen molar-refractivity contribution in [3.05, 3.63) is 12.7 Å². The lowest BCUT2D eigenvalue weighted by Gasteiger charge is -2.61. The highest BCUT2D eigenvalue weighted by atomic mass is 16.2. The first-order chi connectivity index (χ1) is 13.5. The van der Waals surface area contributed by atoms with Crippen molar-refractivity contribution in [2.24, 2.45) is 34.5 Å². The van der Waals surface area contributed by atoms with E-state index in [1.165, 1.54) is 19.3 Å². The summed E-state index contributed by atoms with van der Waals surface area (Å²) >= 11 is 0. The van der Waals surface area contributed by atoms with E-state index in [1.54, 1.807) is 0 Å². The van der Waals surface area contributed by atoms with Crippen LogP contribution in [-0.2, 0) is 9.59 Å². The minimum atomic E-state index is -0.354. The van der Waals surface area contributed by atoms with Gasteiger partial charge in [-0.3, -0.25) is 9.59 Å². The SMILES string of the molecule is C=CC(C)(C)NC(=O)[C@H]1CC[C@H]2[C@@H]3CC[C@H]4N(C)C(=O)CC[C@]4(C)[C@H]3CC[C@]12C. The van der Waals surface area contributed by atoms with Gasteiger partial charge in [0.1, 0.15) is 0 Å². The maximum Gasteiger partial charge on any atom is 0.224 e. The fraction of sp³-hybridized carbons (Fsp3) is 0.840. The molecule has 1 N–H and O–H groups in total. The Morgan fingerprint density at radius 2 is 1.79 bits per heavy atom. The van der Waals surface area contributed by atoms with Crippen LogP contribution in [0.3, 0.4) is 0 Å². The maximum atomic E-state index is 13.2. The largest absolute Gasteiger partial charge is 0.348 e. The third-order valence-corrected chi connectivity index (χ3v) is 9.83. The number of piperidine rings is 1. The molecule has 3 saturated carbocycles. The second kappa shape index (κ2) is 6.85. The number of hydrogen-bond acceptors (Lipinski definition) is 2. The number of likely N-dealkylation sites (tertiary alicyclic amines) is 1. The molecule has 162 valence electrons. The van der Waals surface area contributed by atoms with Crippen molar-refractivity contribution >= 4 is 11.8 Å². The molecule has 4 heteroatoms. The second-order valence-corrected chi connectivity index (χ2v) is 11.6. The zero-order valence-electron chi connectivity index (χ0n) is 19.1. The maximum absolute atomic E-state index is 13.2. The molecule has 0 bridgehead atoms. The van der Waals surface area contributed by atoms with Gasteiger partial charge in [-0.15, -0.1) is 6.58 Å². The highest BCUT2D eigenvalue weighted by molar-refractivity contribution is 5.81. The zero-order chi connectivity index (χ0) is 21.2. The summed E-state index contributed by atoms with van der Waals surface area (Å²) < 4.78 is 0. The molecule has 4 aliphatic rings. The first-order valence-corrected chi connectivity index (χ1v) is 11.7. The van der Waals surface area contributed by atoms with Crippen molar-refractivity contribution in [1.82, 2.24) is 10.2 Å². The van der Waals surface area contributed by atoms with E-state index in [0.717, 1.165) is 25.7 Å². The lowest BCUT2D eigenvalue weighted by Crippen LogP contribution is -2.61. The van der Waals surface area contributed by atoms with Crippen LogP contribution in [0, 0.1) is 34.5 Å². The van der Waals surface area contributed by atoms with Crippen molar-refractivity contribution < 1.29 is 9.59 Å². The summed E-state index contributed by atoms with van der Waals surface area (Å²) in [5.74, 6) is 2.72. The van der Waals surface area contributed by atoms with Gasteiger partial charge < -0.3 is 10.2 Å². The van der Waals surface area contributed by atoms with E-state index in [-0.39, 0.29) is 28.2 Å². The molecule has 4 nitrogen and oxygen atoms in total. The monoisotopic (exact) mass is 400 g/mol. The molecule has 0 aromatic rings. The molecule has 0 aromatic carbocycles. The van der Waals surface area contributed by atoms with Gasteiger partial charge in [-0.25, -0.2) is 0 Å². The Labute approximate surface area is 176 Å². The molecule has 0 radical (unpaired) electrons. The van der Waals surface area contributed by atoms with Gasteiger partial charge in [-0.1, -0.05) is 19.9 Å². The molecule has 1 aliphatic heterocycles. The molecule has 1 heterocycles. The van der Waals surface area contributed by atoms with E-state index in [9.17, 15) is 9.59 Å². The predicted octanol–water partition coefficient (Wildman–Crippen LogP) is 4.55. The van der Waals surface area contributed by atoms with Crippen molar-refractivity contribution in [3.8, 4) is 0 Å². The fourth-order valence-electron chi connectivity index (χ4n) is 8.04. The molecular formula is C25H40N2O2. The number of carbonyl (C=O) groups excluding carboxylic acids is 2. The smallest absolute Gasteiger partial charge is 0.224 e. The van der Waals surface area contributed by atoms with Crippen LogP contribution in [0.4, 0.5) is 0 Å². The average molecular weight is 401 g/mol. The van der Waals surface area contributed by atoms with Gasteiger partial charge in [0.2, 0.25) is 11.8 Å². The first kappa shape index (κ1) is 20.9. The average Bonchev–Trinajstić information content (AvgIpc) is 3.02. The molecule has 0 spiro atoms. The Bertz CT molecular complexity index is 716. The third-order valence-electron chi connectivity index (χ3n) is 9.83. The van der Waals surface area contributed by atoms with Gasteiger partial charge in [-0.2, -0.15) is 0 Å². The molecule has 2 amide bonds. The topological polar surface area (TPSA) is 49.4 Å². The molecule has 29 heavy (non-hydrogen) atoms. The van der Waals surface area contributed by atoms with Crippen LogP contribution < -0.4 is 5.32 Å². The van der Waals surface area contributed by atoms with Gasteiger partial charge in [0.05, 0.1) is 5.54 Å². The van der Waals surface area contributed by atoms with Crippen LogP contribution in [-0.4, -0.2) is 35.3 Å². The molecule has 4 fully saturated rings. The van der Waals surface area contributed by atoms with Crippen LogP contribution in [0.1, 0.15) is 79.1 Å². The van der Waals surface area contributed by atoms with E-state index in [4.69, 9.17) is 0 Å². The Kier molecular flexibility index (Phi) is 4.94. The van der Waals surface area contributed by atoms with Crippen LogP contribution in [0.2, 0.25) is 0 Å². The molecular weight excluding hydrogens is 360 g/mol. The Balaban J connectivity index is 1.56. The minimum absolute atomic E-state index is 0.113. The summed E-state index contributed by atoms with van der Waals surface area (Å²) in [5, 5.41) is 3.24. The number of amides is 2. The predicted molar refractivity (Wildman–Crippen MR) is 116 cm³/mol. The summed E-state index contributed by atoms with van der Waals surface area (Å²) in [6, 6.07) is 0.406. The summed E-state index contributed by atoms with van der Waals surface area (Å²) in [6.07, 6.45) is 10.5. The number of fused-ring (bicyclic) bond motifs is 5. The van der Waals surface area contributed by atoms with E-state index in [2.05, 4.69) is 30.6 Å². The van der Waals surface area contributed by atoms with Gasteiger partial charge in [0.15, 0.2) is 0 Å². The van der Waals surface area contributed by atoms with E-state index < -0.39 is 0 Å². The molecule has 1 saturated heterocycles. The minimum Gasteiger partial charge on any atom is -0.348 e. The molecule has 3 aliphatic carbocycles. The van der Waals surface area contributed by atoms with Crippen molar-refractivity contribution in [2.75, 3.05) is 7.05 Å². The van der Waals surface area contributed by atoms with Crippen molar-refractivity contribution in [1.29, 1.82) is 0 Å². The lowest BCUT2D eigenvalue weighted by molar-refractivity contribution is -0.159. The third kappa shape index (κ3) is 3.08. The second-order valence-electron chi connectivity index (χ2n) is 11.6. The van der Waals surface area contributed by atoms with E-state index in [0.29, 0.717) is 36.1 Å². The van der Waals surface area contributed by atoms with Gasteiger partial charge >= 0.3 is 0 Å². The van der Waals surface area contributed by atoms with Gasteiger partial charge in [0.25, 0.3) is 0 Å². The Hall–Kier alpha value is -1.32. The Morgan fingerprint density at radius 3 is 2.48 bits per heavy atom. The molecule has 7 atom stereocenters. The number of hydrogen-bond donors (Lipinski definition) is 1. The van der Waals surface area contributed by atoms with Crippen LogP contribution in [0.15, 0.2) is 12.7 Å². The summed E-state index contributed by atoms with van der Waals surface area (Å²) in [6.45, 7) is 12.8. The zero-order valence-corrected chi connectivity index (χ0v) is 19.1. The number of carbonyl (C=O) groups is 2. The Morgan fingerprint density at radius 1 is 1.10 bits per heavy atom. The summed E-state index contributed by atoms with van der Waals surface area (Å²) in [7, 11) is 2.02. The number of nitrogens with one attached hydrogen (secondary N) is 1. The van der Waals surface area contributed by atoms with Crippen LogP contribution >= 0.6 is 0 Å². The van der Waals surface area contributed by atoms with E-state index >= 15 is 0 Å².